The molecule has 0 spiro atoms. The molecule has 4 nitrogen and oxygen atoms in total. The highest BCUT2D eigenvalue weighted by Crippen LogP contribution is 2.30. The summed E-state index contributed by atoms with van der Waals surface area (Å²) >= 11 is 0. The molecule has 94 valence electrons. The molecule has 0 radical (unpaired) electrons. The smallest absolute Gasteiger partial charge is 0.123 e. The average molecular weight is 244 g/mol. The number of hydrogen-bond acceptors (Lipinski definition) is 4. The highest BCUT2D eigenvalue weighted by Gasteiger charge is 2.19. The predicted molar refractivity (Wildman–Crippen MR) is 68.0 cm³/mol. The molecule has 0 amide bonds. The van der Waals surface area contributed by atoms with Gasteiger partial charge in [-0.1, -0.05) is 17.3 Å². The van der Waals surface area contributed by atoms with Crippen LogP contribution in [0.3, 0.4) is 0 Å². The summed E-state index contributed by atoms with van der Waals surface area (Å²) in [6.45, 7) is 0.551. The van der Waals surface area contributed by atoms with Crippen LogP contribution in [0.25, 0.3) is 0 Å². The van der Waals surface area contributed by atoms with E-state index in [0.29, 0.717) is 13.0 Å². The van der Waals surface area contributed by atoms with Gasteiger partial charge >= 0.3 is 0 Å². The maximum atomic E-state index is 8.99. The minimum absolute atomic E-state index is 0.512. The first kappa shape index (κ1) is 12.4. The van der Waals surface area contributed by atoms with Gasteiger partial charge in [0.15, 0.2) is 0 Å². The molecule has 2 rings (SSSR count). The van der Waals surface area contributed by atoms with Crippen molar-refractivity contribution in [2.24, 2.45) is 5.16 Å². The van der Waals surface area contributed by atoms with Crippen molar-refractivity contribution in [3.63, 3.8) is 0 Å². The van der Waals surface area contributed by atoms with Gasteiger partial charge in [0.2, 0.25) is 0 Å². The zero-order valence-electron chi connectivity index (χ0n) is 10.2. The van der Waals surface area contributed by atoms with Crippen molar-refractivity contribution in [3.05, 3.63) is 29.3 Å². The van der Waals surface area contributed by atoms with Crippen LogP contribution in [-0.4, -0.2) is 17.5 Å². The lowest BCUT2D eigenvalue weighted by molar-refractivity contribution is 0.308. The molecule has 0 unspecified atom stereocenters. The molecule has 0 bridgehead atoms. The maximum Gasteiger partial charge on any atom is 0.123 e. The number of fused-ring (bicyclic) bond motifs is 1. The van der Waals surface area contributed by atoms with Gasteiger partial charge in [0.25, 0.3) is 0 Å². The third kappa shape index (κ3) is 2.62. The number of nitriles is 1. The van der Waals surface area contributed by atoms with E-state index < -0.39 is 0 Å². The van der Waals surface area contributed by atoms with Crippen LogP contribution in [-0.2, 0) is 6.42 Å². The molecule has 1 aromatic rings. The summed E-state index contributed by atoms with van der Waals surface area (Å²) in [5.74, 6) is 0.853. The molecule has 4 heteroatoms. The van der Waals surface area contributed by atoms with Gasteiger partial charge in [-0.2, -0.15) is 5.26 Å². The van der Waals surface area contributed by atoms with E-state index in [-0.39, 0.29) is 0 Å². The second-order valence-corrected chi connectivity index (χ2v) is 4.29. The number of oxime groups is 1. The number of rotatable bonds is 4. The molecule has 1 aromatic carbocycles. The Morgan fingerprint density at radius 2 is 2.28 bits per heavy atom. The Bertz CT molecular complexity index is 489. The number of nitrogens with zero attached hydrogens (tertiary/aromatic N) is 2. The Kier molecular flexibility index (Phi) is 4.19. The summed E-state index contributed by atoms with van der Waals surface area (Å²) in [6, 6.07) is 7.91. The largest absolute Gasteiger partial charge is 0.493 e. The van der Waals surface area contributed by atoms with Crippen molar-refractivity contribution in [2.45, 2.75) is 32.1 Å². The van der Waals surface area contributed by atoms with E-state index in [1.54, 1.807) is 0 Å². The Morgan fingerprint density at radius 1 is 1.39 bits per heavy atom. The summed E-state index contributed by atoms with van der Waals surface area (Å²) in [6.07, 6.45) is 3.98. The predicted octanol–water partition coefficient (Wildman–Crippen LogP) is 2.88. The molecule has 1 aliphatic carbocycles. The number of ether oxygens (including phenoxy) is 1. The number of unbranched alkanes of at least 4 members (excludes halogenated alkanes) is 1. The Morgan fingerprint density at radius 3 is 3.06 bits per heavy atom. The van der Waals surface area contributed by atoms with Crippen LogP contribution < -0.4 is 4.74 Å². The van der Waals surface area contributed by atoms with Gasteiger partial charge in [-0.05, 0) is 31.7 Å². The molecule has 0 saturated heterocycles. The first-order valence-electron chi connectivity index (χ1n) is 6.19. The zero-order valence-corrected chi connectivity index (χ0v) is 10.2. The Hall–Kier alpha value is -2.02. The van der Waals surface area contributed by atoms with Gasteiger partial charge in [0, 0.05) is 17.5 Å². The van der Waals surface area contributed by atoms with Crippen LogP contribution in [0.1, 0.15) is 36.8 Å². The first-order valence-corrected chi connectivity index (χ1v) is 6.19. The van der Waals surface area contributed by atoms with Gasteiger partial charge in [-0.25, -0.2) is 0 Å². The first-order chi connectivity index (χ1) is 8.86. The van der Waals surface area contributed by atoms with E-state index in [2.05, 4.69) is 11.2 Å². The van der Waals surface area contributed by atoms with E-state index >= 15 is 0 Å². The highest BCUT2D eigenvalue weighted by atomic mass is 16.5. The molecule has 0 aliphatic heterocycles. The second kappa shape index (κ2) is 6.06. The van der Waals surface area contributed by atoms with Crippen molar-refractivity contribution in [1.29, 1.82) is 5.26 Å². The van der Waals surface area contributed by atoms with Crippen LogP contribution in [0, 0.1) is 11.3 Å². The minimum atomic E-state index is 0.512. The van der Waals surface area contributed by atoms with E-state index in [9.17, 15) is 0 Å². The lowest BCUT2D eigenvalue weighted by atomic mass is 9.89. The molecular weight excluding hydrogens is 228 g/mol. The topological polar surface area (TPSA) is 65.6 Å². The molecule has 0 saturated carbocycles. The fraction of sp³-hybridized carbons (Fsp3) is 0.429. The summed E-state index contributed by atoms with van der Waals surface area (Å²) < 4.78 is 5.71. The molecular formula is C14H16N2O2. The fourth-order valence-electron chi connectivity index (χ4n) is 2.23. The Balaban J connectivity index is 2.15. The van der Waals surface area contributed by atoms with Crippen molar-refractivity contribution in [3.8, 4) is 11.8 Å². The SMILES string of the molecule is N#CCCCOc1cccc2c1CCCC2=NO. The van der Waals surface area contributed by atoms with Gasteiger partial charge in [-0.15, -0.1) is 0 Å². The summed E-state index contributed by atoms with van der Waals surface area (Å²) in [5, 5.41) is 20.8. The Labute approximate surface area is 106 Å². The van der Waals surface area contributed by atoms with Crippen molar-refractivity contribution >= 4 is 5.71 Å². The molecule has 1 N–H and O–H groups in total. The van der Waals surface area contributed by atoms with Gasteiger partial charge in [0.05, 0.1) is 18.4 Å². The monoisotopic (exact) mass is 244 g/mol. The van der Waals surface area contributed by atoms with Crippen molar-refractivity contribution in [2.75, 3.05) is 6.61 Å². The van der Waals surface area contributed by atoms with Gasteiger partial charge < -0.3 is 9.94 Å². The lowest BCUT2D eigenvalue weighted by Crippen LogP contribution is -2.13. The quantitative estimate of drug-likeness (QED) is 0.503. The van der Waals surface area contributed by atoms with E-state index in [1.807, 2.05) is 18.2 Å². The van der Waals surface area contributed by atoms with Crippen LogP contribution in [0.5, 0.6) is 5.75 Å². The zero-order chi connectivity index (χ0) is 12.8. The average Bonchev–Trinajstić information content (AvgIpc) is 2.43. The molecule has 0 aromatic heterocycles. The molecule has 0 atom stereocenters. The third-order valence-corrected chi connectivity index (χ3v) is 3.10. The van der Waals surface area contributed by atoms with Crippen LogP contribution >= 0.6 is 0 Å². The standard InChI is InChI=1S/C14H16N2O2/c15-9-1-2-10-18-14-8-4-5-11-12(14)6-3-7-13(11)16-17/h4-5,8,17H,1-3,6-7,10H2. The second-order valence-electron chi connectivity index (χ2n) is 4.29. The molecule has 0 heterocycles. The van der Waals surface area contributed by atoms with Gasteiger partial charge in [0.1, 0.15) is 5.75 Å². The van der Waals surface area contributed by atoms with E-state index in [1.165, 1.54) is 0 Å². The highest BCUT2D eigenvalue weighted by molar-refractivity contribution is 6.02. The molecule has 0 fully saturated rings. The van der Waals surface area contributed by atoms with E-state index in [4.69, 9.17) is 15.2 Å². The molecule has 18 heavy (non-hydrogen) atoms. The fourth-order valence-corrected chi connectivity index (χ4v) is 2.23. The van der Waals surface area contributed by atoms with Gasteiger partial charge in [-0.3, -0.25) is 0 Å². The normalized spacial score (nSPS) is 16.1. The third-order valence-electron chi connectivity index (χ3n) is 3.10. The van der Waals surface area contributed by atoms with Crippen LogP contribution in [0.4, 0.5) is 0 Å². The van der Waals surface area contributed by atoms with Crippen molar-refractivity contribution < 1.29 is 9.94 Å². The minimum Gasteiger partial charge on any atom is -0.493 e. The maximum absolute atomic E-state index is 8.99. The number of hydrogen-bond donors (Lipinski definition) is 1. The van der Waals surface area contributed by atoms with E-state index in [0.717, 1.165) is 48.3 Å². The van der Waals surface area contributed by atoms with Crippen LogP contribution in [0.2, 0.25) is 0 Å². The lowest BCUT2D eigenvalue weighted by Gasteiger charge is -2.20. The number of benzene rings is 1. The molecule has 1 aliphatic rings. The summed E-state index contributed by atoms with van der Waals surface area (Å²) in [5.41, 5.74) is 2.84. The van der Waals surface area contributed by atoms with Crippen molar-refractivity contribution in [1.82, 2.24) is 0 Å². The summed E-state index contributed by atoms with van der Waals surface area (Å²) in [7, 11) is 0. The summed E-state index contributed by atoms with van der Waals surface area (Å²) in [4.78, 5) is 0. The van der Waals surface area contributed by atoms with Crippen LogP contribution in [0.15, 0.2) is 23.4 Å².